The summed E-state index contributed by atoms with van der Waals surface area (Å²) in [6, 6.07) is 16.0. The van der Waals surface area contributed by atoms with Crippen molar-refractivity contribution < 1.29 is 4.79 Å². The molecule has 0 aliphatic carbocycles. The van der Waals surface area contributed by atoms with Gasteiger partial charge in [-0.2, -0.15) is 9.78 Å². The van der Waals surface area contributed by atoms with E-state index in [1.807, 2.05) is 44.2 Å². The van der Waals surface area contributed by atoms with E-state index in [1.54, 1.807) is 25.1 Å². The number of carbonyl (C=O) groups is 1. The first-order chi connectivity index (χ1) is 13.3. The second-order valence-corrected chi connectivity index (χ2v) is 8.19. The highest BCUT2D eigenvalue weighted by Gasteiger charge is 2.17. The minimum atomic E-state index is -0.408. The Morgan fingerprint density at radius 3 is 2.54 bits per heavy atom. The Morgan fingerprint density at radius 2 is 1.82 bits per heavy atom. The number of benzene rings is 2. The quantitative estimate of drug-likeness (QED) is 0.620. The predicted molar refractivity (Wildman–Crippen MR) is 115 cm³/mol. The summed E-state index contributed by atoms with van der Waals surface area (Å²) < 4.78 is 1.34. The third-order valence-corrected chi connectivity index (χ3v) is 5.68. The highest BCUT2D eigenvalue weighted by Crippen LogP contribution is 2.25. The van der Waals surface area contributed by atoms with Crippen LogP contribution in [0.25, 0.3) is 5.69 Å². The number of nitrogens with zero attached hydrogens (tertiary/aromatic N) is 2. The van der Waals surface area contributed by atoms with Gasteiger partial charge in [-0.15, -0.1) is 0 Å². The average molecular weight is 414 g/mol. The molecule has 0 saturated carbocycles. The van der Waals surface area contributed by atoms with Gasteiger partial charge in [-0.1, -0.05) is 47.1 Å². The van der Waals surface area contributed by atoms with Gasteiger partial charge in [0.25, 0.3) is 5.56 Å². The van der Waals surface area contributed by atoms with Gasteiger partial charge in [-0.05, 0) is 56.7 Å². The lowest BCUT2D eigenvalue weighted by atomic mass is 10.2. The zero-order chi connectivity index (χ0) is 20.3. The van der Waals surface area contributed by atoms with Crippen molar-refractivity contribution in [2.45, 2.75) is 31.0 Å². The molecule has 3 rings (SSSR count). The van der Waals surface area contributed by atoms with Gasteiger partial charge in [0, 0.05) is 16.8 Å². The van der Waals surface area contributed by atoms with Crippen LogP contribution in [-0.2, 0) is 4.79 Å². The maximum Gasteiger partial charge on any atom is 0.271 e. The topological polar surface area (TPSA) is 64.0 Å². The molecule has 1 atom stereocenters. The van der Waals surface area contributed by atoms with E-state index < -0.39 is 5.25 Å². The molecule has 0 aliphatic heterocycles. The van der Waals surface area contributed by atoms with Crippen molar-refractivity contribution in [2.75, 3.05) is 5.32 Å². The zero-order valence-electron chi connectivity index (χ0n) is 15.8. The van der Waals surface area contributed by atoms with Crippen LogP contribution in [0.5, 0.6) is 0 Å². The van der Waals surface area contributed by atoms with Gasteiger partial charge in [0.05, 0.1) is 10.9 Å². The lowest BCUT2D eigenvalue weighted by Crippen LogP contribution is -2.24. The molecule has 2 aromatic carbocycles. The van der Waals surface area contributed by atoms with Crippen molar-refractivity contribution in [1.82, 2.24) is 9.78 Å². The highest BCUT2D eigenvalue weighted by atomic mass is 35.5. The molecule has 1 amide bonds. The number of aryl methyl sites for hydroxylation is 1. The molecule has 0 spiro atoms. The van der Waals surface area contributed by atoms with E-state index in [0.717, 1.165) is 11.1 Å². The standard InChI is InChI=1S/C21H20ClN3O2S/c1-13-7-9-16(10-8-13)25-20(26)12-11-19(24-25)28-15(3)21(27)23-18-6-4-5-17(22)14(18)2/h4-12,15H,1-3H3,(H,23,27)/t15-/m0/s1. The van der Waals surface area contributed by atoms with Crippen molar-refractivity contribution >= 4 is 35.0 Å². The summed E-state index contributed by atoms with van der Waals surface area (Å²) in [5.74, 6) is -0.162. The summed E-state index contributed by atoms with van der Waals surface area (Å²) in [5.41, 5.74) is 3.07. The van der Waals surface area contributed by atoms with E-state index in [0.29, 0.717) is 21.4 Å². The minimum Gasteiger partial charge on any atom is -0.325 e. The van der Waals surface area contributed by atoms with E-state index in [2.05, 4.69) is 10.4 Å². The summed E-state index contributed by atoms with van der Waals surface area (Å²) in [5, 5.41) is 8.08. The SMILES string of the molecule is Cc1ccc(-n2nc(S[C@@H](C)C(=O)Nc3cccc(Cl)c3C)ccc2=O)cc1. The first-order valence-electron chi connectivity index (χ1n) is 8.75. The van der Waals surface area contributed by atoms with Crippen LogP contribution in [-0.4, -0.2) is 20.9 Å². The van der Waals surface area contributed by atoms with Gasteiger partial charge < -0.3 is 5.32 Å². The first kappa shape index (κ1) is 20.2. The number of nitrogens with one attached hydrogen (secondary N) is 1. The van der Waals surface area contributed by atoms with Gasteiger partial charge in [0.1, 0.15) is 5.03 Å². The van der Waals surface area contributed by atoms with Crippen molar-refractivity contribution in [3.8, 4) is 5.69 Å². The third-order valence-electron chi connectivity index (χ3n) is 4.25. The fourth-order valence-electron chi connectivity index (χ4n) is 2.54. The van der Waals surface area contributed by atoms with E-state index in [-0.39, 0.29) is 11.5 Å². The number of hydrogen-bond donors (Lipinski definition) is 1. The van der Waals surface area contributed by atoms with Crippen molar-refractivity contribution in [1.29, 1.82) is 0 Å². The Morgan fingerprint density at radius 1 is 1.11 bits per heavy atom. The Bertz CT molecular complexity index is 1060. The molecule has 0 unspecified atom stereocenters. The molecule has 1 N–H and O–H groups in total. The molecule has 5 nitrogen and oxygen atoms in total. The molecule has 1 heterocycles. The summed E-state index contributed by atoms with van der Waals surface area (Å²) in [6.07, 6.45) is 0. The predicted octanol–water partition coefficient (Wildman–Crippen LogP) is 4.62. The molecule has 0 aliphatic rings. The smallest absolute Gasteiger partial charge is 0.271 e. The molecule has 3 aromatic rings. The minimum absolute atomic E-state index is 0.162. The highest BCUT2D eigenvalue weighted by molar-refractivity contribution is 8.00. The van der Waals surface area contributed by atoms with E-state index in [1.165, 1.54) is 22.5 Å². The monoisotopic (exact) mass is 413 g/mol. The van der Waals surface area contributed by atoms with Crippen molar-refractivity contribution in [3.05, 3.63) is 81.1 Å². The third kappa shape index (κ3) is 4.64. The lowest BCUT2D eigenvalue weighted by molar-refractivity contribution is -0.115. The number of anilines is 1. The average Bonchev–Trinajstić information content (AvgIpc) is 2.67. The molecule has 7 heteroatoms. The summed E-state index contributed by atoms with van der Waals surface area (Å²) in [6.45, 7) is 5.63. The van der Waals surface area contributed by atoms with Crippen molar-refractivity contribution in [2.24, 2.45) is 0 Å². The molecule has 1 aromatic heterocycles. The van der Waals surface area contributed by atoms with E-state index in [9.17, 15) is 9.59 Å². The van der Waals surface area contributed by atoms with Crippen LogP contribution in [0.3, 0.4) is 0 Å². The lowest BCUT2D eigenvalue weighted by Gasteiger charge is -2.14. The molecular weight excluding hydrogens is 394 g/mol. The summed E-state index contributed by atoms with van der Waals surface area (Å²) in [4.78, 5) is 24.8. The number of rotatable bonds is 5. The first-order valence-corrected chi connectivity index (χ1v) is 10.0. The molecular formula is C21H20ClN3O2S. The molecule has 0 saturated heterocycles. The van der Waals surface area contributed by atoms with Gasteiger partial charge in [-0.3, -0.25) is 9.59 Å². The van der Waals surface area contributed by atoms with Gasteiger partial charge in [-0.25, -0.2) is 0 Å². The van der Waals surface area contributed by atoms with E-state index >= 15 is 0 Å². The zero-order valence-corrected chi connectivity index (χ0v) is 17.3. The van der Waals surface area contributed by atoms with Crippen LogP contribution in [0.1, 0.15) is 18.1 Å². The van der Waals surface area contributed by atoms with Gasteiger partial charge in [0.2, 0.25) is 5.91 Å². The largest absolute Gasteiger partial charge is 0.325 e. The molecule has 0 fully saturated rings. The maximum absolute atomic E-state index is 12.6. The number of halogens is 1. The normalized spacial score (nSPS) is 11.9. The number of hydrogen-bond acceptors (Lipinski definition) is 4. The van der Waals surface area contributed by atoms with Crippen LogP contribution in [0.15, 0.2) is 64.4 Å². The van der Waals surface area contributed by atoms with Gasteiger partial charge >= 0.3 is 0 Å². The van der Waals surface area contributed by atoms with E-state index in [4.69, 9.17) is 11.6 Å². The fraction of sp³-hybridized carbons (Fsp3) is 0.190. The fourth-order valence-corrected chi connectivity index (χ4v) is 3.52. The Hall–Kier alpha value is -2.57. The number of carbonyl (C=O) groups excluding carboxylic acids is 1. The van der Waals surface area contributed by atoms with Crippen LogP contribution in [0, 0.1) is 13.8 Å². The molecule has 0 radical (unpaired) electrons. The number of aromatic nitrogens is 2. The number of amides is 1. The maximum atomic E-state index is 12.6. The Labute approximate surface area is 172 Å². The summed E-state index contributed by atoms with van der Waals surface area (Å²) in [7, 11) is 0. The van der Waals surface area contributed by atoms with Crippen LogP contribution in [0.2, 0.25) is 5.02 Å². The number of thioether (sulfide) groups is 1. The van der Waals surface area contributed by atoms with Crippen molar-refractivity contribution in [3.63, 3.8) is 0 Å². The molecule has 0 bridgehead atoms. The van der Waals surface area contributed by atoms with Crippen LogP contribution >= 0.6 is 23.4 Å². The summed E-state index contributed by atoms with van der Waals surface area (Å²) >= 11 is 7.39. The van der Waals surface area contributed by atoms with Gasteiger partial charge in [0.15, 0.2) is 0 Å². The Balaban J connectivity index is 1.76. The molecule has 28 heavy (non-hydrogen) atoms. The van der Waals surface area contributed by atoms with Crippen LogP contribution < -0.4 is 10.9 Å². The Kier molecular flexibility index (Phi) is 6.21. The second-order valence-electron chi connectivity index (χ2n) is 6.42. The molecule has 144 valence electrons. The van der Waals surface area contributed by atoms with Crippen LogP contribution in [0.4, 0.5) is 5.69 Å². The second kappa shape index (κ2) is 8.63.